The number of likely N-dealkylation sites (N-methyl/N-ethyl adjacent to an activating group) is 1. The van der Waals surface area contributed by atoms with Gasteiger partial charge in [-0.15, -0.1) is 0 Å². The predicted molar refractivity (Wildman–Crippen MR) is 55.6 cm³/mol. The Morgan fingerprint density at radius 1 is 1.13 bits per heavy atom. The molecule has 15 heavy (non-hydrogen) atoms. The fourth-order valence-corrected chi connectivity index (χ4v) is 0.880. The number of ether oxygens (including phenoxy) is 2. The summed E-state index contributed by atoms with van der Waals surface area (Å²) in [4.78, 5) is 21.3. The number of Topliss-reactive ketones (excluding diaryl/α,β-unsaturated/α-hetero) is 1. The third-order valence-corrected chi connectivity index (χ3v) is 1.70. The van der Waals surface area contributed by atoms with E-state index >= 15 is 0 Å². The van der Waals surface area contributed by atoms with Crippen LogP contribution in [0.5, 0.6) is 0 Å². The minimum absolute atomic E-state index is 0.0628. The summed E-state index contributed by atoms with van der Waals surface area (Å²) >= 11 is 0. The maximum atomic E-state index is 10.7. The molecule has 88 valence electrons. The van der Waals surface area contributed by atoms with Crippen molar-refractivity contribution in [1.29, 1.82) is 0 Å². The minimum atomic E-state index is -0.147. The maximum Gasteiger partial charge on any atom is 0.245 e. The zero-order chi connectivity index (χ0) is 11.5. The molecular formula is C10H19NO4. The van der Waals surface area contributed by atoms with Crippen LogP contribution in [0.1, 0.15) is 19.8 Å². The molecule has 0 aliphatic heterocycles. The molecule has 0 rings (SSSR count). The molecule has 0 fully saturated rings. The molecule has 0 aliphatic rings. The van der Waals surface area contributed by atoms with Gasteiger partial charge in [-0.05, 0) is 13.3 Å². The first-order valence-corrected chi connectivity index (χ1v) is 5.02. The van der Waals surface area contributed by atoms with Gasteiger partial charge in [0.2, 0.25) is 5.91 Å². The molecule has 0 aromatic carbocycles. The summed E-state index contributed by atoms with van der Waals surface area (Å²) in [5, 5.41) is 2.45. The highest BCUT2D eigenvalue weighted by atomic mass is 16.5. The lowest BCUT2D eigenvalue weighted by Crippen LogP contribution is -2.24. The highest BCUT2D eigenvalue weighted by Crippen LogP contribution is 1.91. The third-order valence-electron chi connectivity index (χ3n) is 1.70. The molecule has 0 aromatic heterocycles. The van der Waals surface area contributed by atoms with Crippen molar-refractivity contribution in [2.24, 2.45) is 0 Å². The highest BCUT2D eigenvalue weighted by Gasteiger charge is 1.97. The van der Waals surface area contributed by atoms with Crippen LogP contribution in [0.2, 0.25) is 0 Å². The number of hydrogen-bond acceptors (Lipinski definition) is 4. The van der Waals surface area contributed by atoms with Crippen LogP contribution in [0.15, 0.2) is 0 Å². The van der Waals surface area contributed by atoms with Gasteiger partial charge in [0, 0.05) is 20.1 Å². The molecule has 0 spiro atoms. The molecule has 0 unspecified atom stereocenters. The van der Waals surface area contributed by atoms with Crippen molar-refractivity contribution >= 4 is 11.7 Å². The minimum Gasteiger partial charge on any atom is -0.379 e. The summed E-state index contributed by atoms with van der Waals surface area (Å²) in [5.41, 5.74) is 0. The van der Waals surface area contributed by atoms with E-state index in [1.165, 1.54) is 0 Å². The summed E-state index contributed by atoms with van der Waals surface area (Å²) in [7, 11) is 1.56. The van der Waals surface area contributed by atoms with E-state index in [1.807, 2.05) is 0 Å². The van der Waals surface area contributed by atoms with Gasteiger partial charge in [-0.3, -0.25) is 4.79 Å². The maximum absolute atomic E-state index is 10.7. The standard InChI is InChI=1S/C10H19NO4/c1-9(12)4-3-5-14-6-7-15-8-10(13)11-2/h3-8H2,1-2H3,(H,11,13). The zero-order valence-electron chi connectivity index (χ0n) is 9.38. The van der Waals surface area contributed by atoms with Crippen LogP contribution >= 0.6 is 0 Å². The number of amides is 1. The number of carbonyl (C=O) groups is 2. The van der Waals surface area contributed by atoms with Gasteiger partial charge in [-0.25, -0.2) is 0 Å². The van der Waals surface area contributed by atoms with E-state index in [9.17, 15) is 9.59 Å². The van der Waals surface area contributed by atoms with Gasteiger partial charge < -0.3 is 19.6 Å². The second-order valence-corrected chi connectivity index (χ2v) is 3.14. The molecule has 5 heteroatoms. The SMILES string of the molecule is CNC(=O)COCCOCCCC(C)=O. The van der Waals surface area contributed by atoms with Gasteiger partial charge in [0.05, 0.1) is 13.2 Å². The van der Waals surface area contributed by atoms with E-state index in [4.69, 9.17) is 9.47 Å². The molecule has 0 bridgehead atoms. The Morgan fingerprint density at radius 2 is 1.80 bits per heavy atom. The summed E-state index contributed by atoms with van der Waals surface area (Å²) in [6.07, 6.45) is 1.30. The van der Waals surface area contributed by atoms with Crippen LogP contribution in [-0.2, 0) is 19.1 Å². The Morgan fingerprint density at radius 3 is 2.40 bits per heavy atom. The van der Waals surface area contributed by atoms with E-state index in [-0.39, 0.29) is 18.3 Å². The van der Waals surface area contributed by atoms with Crippen LogP contribution in [-0.4, -0.2) is 45.2 Å². The number of carbonyl (C=O) groups excluding carboxylic acids is 2. The fourth-order valence-electron chi connectivity index (χ4n) is 0.880. The summed E-state index contributed by atoms with van der Waals surface area (Å²) in [6.45, 7) is 3.03. The van der Waals surface area contributed by atoms with Crippen LogP contribution in [0.4, 0.5) is 0 Å². The van der Waals surface area contributed by atoms with Crippen LogP contribution in [0.3, 0.4) is 0 Å². The van der Waals surface area contributed by atoms with E-state index in [2.05, 4.69) is 5.32 Å². The fraction of sp³-hybridized carbons (Fsp3) is 0.800. The van der Waals surface area contributed by atoms with Gasteiger partial charge in [-0.1, -0.05) is 0 Å². The molecule has 0 saturated carbocycles. The largest absolute Gasteiger partial charge is 0.379 e. The average molecular weight is 217 g/mol. The van der Waals surface area contributed by atoms with Crippen molar-refractivity contribution in [3.05, 3.63) is 0 Å². The normalized spacial score (nSPS) is 10.0. The van der Waals surface area contributed by atoms with Crippen LogP contribution < -0.4 is 5.32 Å². The van der Waals surface area contributed by atoms with Gasteiger partial charge >= 0.3 is 0 Å². The molecule has 1 N–H and O–H groups in total. The Labute approximate surface area is 90.1 Å². The van der Waals surface area contributed by atoms with E-state index in [1.54, 1.807) is 14.0 Å². The first kappa shape index (κ1) is 14.1. The zero-order valence-corrected chi connectivity index (χ0v) is 9.38. The van der Waals surface area contributed by atoms with Crippen molar-refractivity contribution in [1.82, 2.24) is 5.32 Å². The summed E-state index contributed by atoms with van der Waals surface area (Å²) in [5.74, 6) is 0.0287. The van der Waals surface area contributed by atoms with Gasteiger partial charge in [-0.2, -0.15) is 0 Å². The first-order valence-electron chi connectivity index (χ1n) is 5.02. The molecule has 0 atom stereocenters. The quantitative estimate of drug-likeness (QED) is 0.558. The molecule has 0 saturated heterocycles. The molecule has 5 nitrogen and oxygen atoms in total. The topological polar surface area (TPSA) is 64.6 Å². The Bertz CT molecular complexity index is 194. The van der Waals surface area contributed by atoms with Crippen molar-refractivity contribution in [3.63, 3.8) is 0 Å². The highest BCUT2D eigenvalue weighted by molar-refractivity contribution is 5.76. The number of hydrogen-bond donors (Lipinski definition) is 1. The van der Waals surface area contributed by atoms with E-state index in [0.29, 0.717) is 26.2 Å². The predicted octanol–water partition coefficient (Wildman–Crippen LogP) is 0.135. The van der Waals surface area contributed by atoms with Crippen molar-refractivity contribution in [2.45, 2.75) is 19.8 Å². The Kier molecular flexibility index (Phi) is 9.01. The monoisotopic (exact) mass is 217 g/mol. The van der Waals surface area contributed by atoms with Crippen LogP contribution in [0, 0.1) is 0 Å². The molecule has 0 aliphatic carbocycles. The molecule has 1 amide bonds. The van der Waals surface area contributed by atoms with Gasteiger partial charge in [0.25, 0.3) is 0 Å². The van der Waals surface area contributed by atoms with Crippen molar-refractivity contribution < 1.29 is 19.1 Å². The smallest absolute Gasteiger partial charge is 0.245 e. The average Bonchev–Trinajstić information content (AvgIpc) is 2.21. The molecule has 0 heterocycles. The molecule has 0 radical (unpaired) electrons. The number of rotatable bonds is 9. The first-order chi connectivity index (χ1) is 7.16. The Hall–Kier alpha value is -0.940. The lowest BCUT2D eigenvalue weighted by molar-refractivity contribution is -0.125. The molecular weight excluding hydrogens is 198 g/mol. The lowest BCUT2D eigenvalue weighted by Gasteiger charge is -2.04. The van der Waals surface area contributed by atoms with E-state index < -0.39 is 0 Å². The van der Waals surface area contributed by atoms with Gasteiger partial charge in [0.15, 0.2) is 0 Å². The molecule has 0 aromatic rings. The summed E-state index contributed by atoms with van der Waals surface area (Å²) < 4.78 is 10.2. The Balaban J connectivity index is 3.05. The van der Waals surface area contributed by atoms with E-state index in [0.717, 1.165) is 6.42 Å². The third kappa shape index (κ3) is 11.0. The number of nitrogens with one attached hydrogen (secondary N) is 1. The van der Waals surface area contributed by atoms with Crippen molar-refractivity contribution in [2.75, 3.05) is 33.5 Å². The van der Waals surface area contributed by atoms with Crippen LogP contribution in [0.25, 0.3) is 0 Å². The number of ketones is 1. The van der Waals surface area contributed by atoms with Crippen molar-refractivity contribution in [3.8, 4) is 0 Å². The lowest BCUT2D eigenvalue weighted by atomic mass is 10.2. The van der Waals surface area contributed by atoms with Gasteiger partial charge in [0.1, 0.15) is 12.4 Å². The second-order valence-electron chi connectivity index (χ2n) is 3.14. The second kappa shape index (κ2) is 9.61. The summed E-state index contributed by atoms with van der Waals surface area (Å²) in [6, 6.07) is 0.